The van der Waals surface area contributed by atoms with Crippen LogP contribution in [0.2, 0.25) is 0 Å². The normalized spacial score (nSPS) is 10.7. The van der Waals surface area contributed by atoms with Crippen molar-refractivity contribution in [2.45, 2.75) is 6.92 Å². The van der Waals surface area contributed by atoms with Gasteiger partial charge < -0.3 is 9.64 Å². The van der Waals surface area contributed by atoms with Gasteiger partial charge in [0.05, 0.1) is 5.56 Å². The molecule has 0 saturated heterocycles. The number of aromatic nitrogens is 2. The molecule has 1 heterocycles. The highest BCUT2D eigenvalue weighted by molar-refractivity contribution is 5.96. The summed E-state index contributed by atoms with van der Waals surface area (Å²) in [4.78, 5) is 26.3. The van der Waals surface area contributed by atoms with Gasteiger partial charge in [-0.15, -0.1) is 0 Å². The van der Waals surface area contributed by atoms with E-state index in [4.69, 9.17) is 4.74 Å². The Morgan fingerprint density at radius 3 is 2.42 bits per heavy atom. The number of amides is 1. The molecule has 0 bridgehead atoms. The molecule has 33 heavy (non-hydrogen) atoms. The number of nitrogens with zero attached hydrogens (tertiary/aromatic N) is 2. The van der Waals surface area contributed by atoms with Gasteiger partial charge in [0.2, 0.25) is 0 Å². The number of ether oxygens (including phenoxy) is 1. The zero-order valence-electron chi connectivity index (χ0n) is 18.4. The number of para-hydroxylation sites is 2. The summed E-state index contributed by atoms with van der Waals surface area (Å²) < 4.78 is 20.5. The van der Waals surface area contributed by atoms with Crippen LogP contribution in [-0.4, -0.2) is 35.1 Å². The number of carbonyl (C=O) groups is 1. The quantitative estimate of drug-likeness (QED) is 0.469. The minimum atomic E-state index is -0.637. The maximum Gasteiger partial charge on any atom is 0.267 e. The SMILES string of the molecule is Cc1c(-c2ccc(F)c(C(=O)N(C)C)c2)c(-c2ccccc2Oc2ccccc2)n[nH]c1=O. The van der Waals surface area contributed by atoms with Crippen molar-refractivity contribution in [3.8, 4) is 33.9 Å². The van der Waals surface area contributed by atoms with Gasteiger partial charge in [-0.25, -0.2) is 9.49 Å². The summed E-state index contributed by atoms with van der Waals surface area (Å²) in [6.07, 6.45) is 0. The van der Waals surface area contributed by atoms with Crippen LogP contribution in [0.25, 0.3) is 22.4 Å². The van der Waals surface area contributed by atoms with Gasteiger partial charge in [-0.3, -0.25) is 9.59 Å². The summed E-state index contributed by atoms with van der Waals surface area (Å²) in [5, 5.41) is 6.84. The highest BCUT2D eigenvalue weighted by atomic mass is 19.1. The highest BCUT2D eigenvalue weighted by Gasteiger charge is 2.21. The molecule has 4 aromatic rings. The van der Waals surface area contributed by atoms with Crippen molar-refractivity contribution in [1.82, 2.24) is 15.1 Å². The number of benzene rings is 3. The molecule has 1 aromatic heterocycles. The highest BCUT2D eigenvalue weighted by Crippen LogP contribution is 2.38. The Morgan fingerprint density at radius 1 is 1.00 bits per heavy atom. The molecule has 3 aromatic carbocycles. The van der Waals surface area contributed by atoms with Gasteiger partial charge in [0.1, 0.15) is 23.0 Å². The minimum absolute atomic E-state index is 0.0862. The zero-order valence-corrected chi connectivity index (χ0v) is 18.4. The average Bonchev–Trinajstić information content (AvgIpc) is 2.82. The summed E-state index contributed by atoms with van der Waals surface area (Å²) in [7, 11) is 3.11. The van der Waals surface area contributed by atoms with Crippen LogP contribution in [0, 0.1) is 12.7 Å². The van der Waals surface area contributed by atoms with Crippen molar-refractivity contribution < 1.29 is 13.9 Å². The molecule has 0 aliphatic rings. The second kappa shape index (κ2) is 9.08. The molecule has 0 aliphatic carbocycles. The molecule has 0 saturated carbocycles. The van der Waals surface area contributed by atoms with Crippen LogP contribution in [0.4, 0.5) is 4.39 Å². The fraction of sp³-hybridized carbons (Fsp3) is 0.115. The second-order valence-corrected chi connectivity index (χ2v) is 7.71. The van der Waals surface area contributed by atoms with E-state index < -0.39 is 11.7 Å². The molecular formula is C26H22FN3O3. The minimum Gasteiger partial charge on any atom is -0.457 e. The summed E-state index contributed by atoms with van der Waals surface area (Å²) in [6, 6.07) is 20.8. The molecule has 7 heteroatoms. The Hall–Kier alpha value is -4.26. The average molecular weight is 443 g/mol. The first-order chi connectivity index (χ1) is 15.9. The topological polar surface area (TPSA) is 75.3 Å². The van der Waals surface area contributed by atoms with E-state index in [9.17, 15) is 14.0 Å². The van der Waals surface area contributed by atoms with E-state index in [2.05, 4.69) is 10.2 Å². The number of hydrogen-bond acceptors (Lipinski definition) is 4. The largest absolute Gasteiger partial charge is 0.457 e. The van der Waals surface area contributed by atoms with Gasteiger partial charge in [-0.05, 0) is 48.9 Å². The second-order valence-electron chi connectivity index (χ2n) is 7.71. The number of nitrogens with one attached hydrogen (secondary N) is 1. The first kappa shape index (κ1) is 22.0. The molecule has 0 unspecified atom stereocenters. The summed E-state index contributed by atoms with van der Waals surface area (Å²) >= 11 is 0. The molecule has 1 N–H and O–H groups in total. The first-order valence-corrected chi connectivity index (χ1v) is 10.3. The molecule has 6 nitrogen and oxygen atoms in total. The van der Waals surface area contributed by atoms with Crippen LogP contribution in [0.1, 0.15) is 15.9 Å². The molecule has 4 rings (SSSR count). The third-order valence-electron chi connectivity index (χ3n) is 5.23. The lowest BCUT2D eigenvalue weighted by Gasteiger charge is -2.16. The van der Waals surface area contributed by atoms with E-state index in [1.807, 2.05) is 48.5 Å². The Bertz CT molecular complexity index is 1380. The van der Waals surface area contributed by atoms with Crippen LogP contribution in [-0.2, 0) is 0 Å². The van der Waals surface area contributed by atoms with Gasteiger partial charge in [-0.1, -0.05) is 36.4 Å². The first-order valence-electron chi connectivity index (χ1n) is 10.3. The lowest BCUT2D eigenvalue weighted by Crippen LogP contribution is -2.23. The van der Waals surface area contributed by atoms with Crippen molar-refractivity contribution in [1.29, 1.82) is 0 Å². The Morgan fingerprint density at radius 2 is 1.70 bits per heavy atom. The molecule has 1 amide bonds. The van der Waals surface area contributed by atoms with Gasteiger partial charge >= 0.3 is 0 Å². The van der Waals surface area contributed by atoms with E-state index in [0.717, 1.165) is 0 Å². The van der Waals surface area contributed by atoms with Gasteiger partial charge in [0, 0.05) is 30.8 Å². The van der Waals surface area contributed by atoms with Crippen LogP contribution in [0.3, 0.4) is 0 Å². The van der Waals surface area contributed by atoms with E-state index in [1.165, 1.54) is 23.1 Å². The fourth-order valence-corrected chi connectivity index (χ4v) is 3.54. The number of carbonyl (C=O) groups excluding carboxylic acids is 1. The standard InChI is InChI=1S/C26H22FN3O3/c1-16-23(17-13-14-21(27)20(15-17)26(32)30(2)3)24(28-29-25(16)31)19-11-7-8-12-22(19)33-18-9-5-4-6-10-18/h4-15H,1-3H3,(H,29,31). The van der Waals surface area contributed by atoms with Crippen LogP contribution >= 0.6 is 0 Å². The van der Waals surface area contributed by atoms with E-state index in [1.54, 1.807) is 27.1 Å². The zero-order chi connectivity index (χ0) is 23.5. The van der Waals surface area contributed by atoms with E-state index >= 15 is 0 Å². The van der Waals surface area contributed by atoms with Crippen LogP contribution < -0.4 is 10.3 Å². The molecule has 166 valence electrons. The maximum absolute atomic E-state index is 14.5. The van der Waals surface area contributed by atoms with Gasteiger partial charge in [0.25, 0.3) is 11.5 Å². The third kappa shape index (κ3) is 4.39. The Kier molecular flexibility index (Phi) is 6.04. The lowest BCUT2D eigenvalue weighted by atomic mass is 9.94. The van der Waals surface area contributed by atoms with Crippen molar-refractivity contribution >= 4 is 5.91 Å². The third-order valence-corrected chi connectivity index (χ3v) is 5.23. The molecule has 0 atom stereocenters. The van der Waals surface area contributed by atoms with Crippen molar-refractivity contribution in [3.05, 3.63) is 100 Å². The number of H-pyrrole nitrogens is 1. The Labute approximate surface area is 190 Å². The van der Waals surface area contributed by atoms with Gasteiger partial charge in [0.15, 0.2) is 0 Å². The number of aromatic amines is 1. The summed E-state index contributed by atoms with van der Waals surface area (Å²) in [5.74, 6) is 0.0744. The fourth-order valence-electron chi connectivity index (χ4n) is 3.54. The van der Waals surface area contributed by atoms with Crippen molar-refractivity contribution in [2.75, 3.05) is 14.1 Å². The monoisotopic (exact) mass is 443 g/mol. The molecular weight excluding hydrogens is 421 g/mol. The Balaban J connectivity index is 1.92. The number of rotatable bonds is 5. The maximum atomic E-state index is 14.5. The summed E-state index contributed by atoms with van der Waals surface area (Å²) in [6.45, 7) is 1.66. The molecule has 0 spiro atoms. The van der Waals surface area contributed by atoms with Crippen molar-refractivity contribution in [2.24, 2.45) is 0 Å². The number of halogens is 1. The van der Waals surface area contributed by atoms with Crippen molar-refractivity contribution in [3.63, 3.8) is 0 Å². The van der Waals surface area contributed by atoms with E-state index in [-0.39, 0.29) is 11.1 Å². The molecule has 0 radical (unpaired) electrons. The molecule has 0 fully saturated rings. The number of hydrogen-bond donors (Lipinski definition) is 1. The predicted molar refractivity (Wildman–Crippen MR) is 125 cm³/mol. The lowest BCUT2D eigenvalue weighted by molar-refractivity contribution is 0.0823. The summed E-state index contributed by atoms with van der Waals surface area (Å²) in [5.41, 5.74) is 2.02. The van der Waals surface area contributed by atoms with Crippen LogP contribution in [0.5, 0.6) is 11.5 Å². The van der Waals surface area contributed by atoms with Crippen LogP contribution in [0.15, 0.2) is 77.6 Å². The smallest absolute Gasteiger partial charge is 0.267 e. The predicted octanol–water partition coefficient (Wildman–Crippen LogP) is 5.05. The van der Waals surface area contributed by atoms with E-state index in [0.29, 0.717) is 39.4 Å². The van der Waals surface area contributed by atoms with Gasteiger partial charge in [-0.2, -0.15) is 5.10 Å². The molecule has 0 aliphatic heterocycles.